The number of aliphatic imine (C=N–C) groups is 1. The van der Waals surface area contributed by atoms with E-state index in [4.69, 9.17) is 4.99 Å². The number of allylic oxidation sites excluding steroid dienone is 1. The van der Waals surface area contributed by atoms with Gasteiger partial charge in [-0.05, 0) is 12.5 Å². The maximum absolute atomic E-state index is 13.2. The van der Waals surface area contributed by atoms with E-state index in [0.29, 0.717) is 29.9 Å². The van der Waals surface area contributed by atoms with Crippen LogP contribution in [0.25, 0.3) is 0 Å². The molecule has 1 aromatic rings. The van der Waals surface area contributed by atoms with Crippen LogP contribution in [0.5, 0.6) is 0 Å². The minimum Gasteiger partial charge on any atom is -0.379 e. The van der Waals surface area contributed by atoms with Crippen molar-refractivity contribution in [2.45, 2.75) is 38.3 Å². The van der Waals surface area contributed by atoms with Crippen LogP contribution in [0.1, 0.15) is 32.3 Å². The predicted molar refractivity (Wildman–Crippen MR) is 100 cm³/mol. The molecule has 0 aromatic heterocycles. The molecule has 1 aromatic carbocycles. The van der Waals surface area contributed by atoms with Crippen molar-refractivity contribution in [2.75, 3.05) is 6.54 Å². The second-order valence-corrected chi connectivity index (χ2v) is 8.18. The highest BCUT2D eigenvalue weighted by Gasteiger charge is 2.54. The number of piperazine rings is 1. The molecule has 4 aliphatic heterocycles. The summed E-state index contributed by atoms with van der Waals surface area (Å²) in [6.07, 6.45) is 6.17. The minimum absolute atomic E-state index is 0.102. The molecule has 27 heavy (non-hydrogen) atoms. The molecule has 0 unspecified atom stereocenters. The van der Waals surface area contributed by atoms with E-state index in [9.17, 15) is 14.7 Å². The van der Waals surface area contributed by atoms with Crippen molar-refractivity contribution in [1.29, 1.82) is 0 Å². The van der Waals surface area contributed by atoms with Gasteiger partial charge in [-0.15, -0.1) is 0 Å². The number of hydrogen-bond donors (Lipinski definition) is 1. The average molecular weight is 363 g/mol. The molecule has 1 N–H and O–H groups in total. The molecule has 0 radical (unpaired) electrons. The Balaban J connectivity index is 1.69. The topological polar surface area (TPSA) is 73.2 Å². The van der Waals surface area contributed by atoms with Crippen molar-refractivity contribution in [3.63, 3.8) is 0 Å². The number of amides is 2. The van der Waals surface area contributed by atoms with Gasteiger partial charge in [-0.1, -0.05) is 44.2 Å². The number of carbonyl (C=O) groups excluding carboxylic acids is 2. The Kier molecular flexibility index (Phi) is 3.15. The van der Waals surface area contributed by atoms with Crippen molar-refractivity contribution in [3.8, 4) is 0 Å². The summed E-state index contributed by atoms with van der Waals surface area (Å²) >= 11 is 0. The van der Waals surface area contributed by atoms with E-state index >= 15 is 0 Å². The third kappa shape index (κ3) is 2.07. The first kappa shape index (κ1) is 16.4. The van der Waals surface area contributed by atoms with Crippen LogP contribution < -0.4 is 0 Å². The molecule has 2 amide bonds. The number of aliphatic hydroxyl groups is 1. The summed E-state index contributed by atoms with van der Waals surface area (Å²) in [4.78, 5) is 33.9. The number of carbonyl (C=O) groups is 2. The summed E-state index contributed by atoms with van der Waals surface area (Å²) in [7, 11) is 0. The van der Waals surface area contributed by atoms with Crippen LogP contribution in [0.2, 0.25) is 0 Å². The second kappa shape index (κ2) is 5.16. The first-order valence-corrected chi connectivity index (χ1v) is 9.28. The highest BCUT2D eigenvalue weighted by Crippen LogP contribution is 2.49. The van der Waals surface area contributed by atoms with Crippen molar-refractivity contribution in [3.05, 3.63) is 53.9 Å². The Bertz CT molecular complexity index is 975. The van der Waals surface area contributed by atoms with Gasteiger partial charge in [-0.2, -0.15) is 0 Å². The zero-order valence-electron chi connectivity index (χ0n) is 15.3. The molecule has 2 atom stereocenters. The van der Waals surface area contributed by atoms with Gasteiger partial charge < -0.3 is 14.9 Å². The normalized spacial score (nSPS) is 31.9. The standard InChI is InChI=1S/C21H21N3O3/c1-20(2)9-11-24-16(18(26)23-10-5-8-15(23)17(24)25)12-21(27)13-6-3-4-7-14(13)22-19(20)21/h3-4,6-9,11,16,27H,5,10,12H2,1-2H3/b11-9-/t16-,21+/m0/s1. The average Bonchev–Trinajstić information content (AvgIpc) is 3.23. The molecule has 138 valence electrons. The summed E-state index contributed by atoms with van der Waals surface area (Å²) in [5.74, 6) is -0.320. The fourth-order valence-electron chi connectivity index (χ4n) is 4.69. The number of para-hydroxylation sites is 1. The Labute approximate surface area is 157 Å². The molecule has 0 aliphatic carbocycles. The summed E-state index contributed by atoms with van der Waals surface area (Å²) in [6, 6.07) is 6.73. The second-order valence-electron chi connectivity index (χ2n) is 8.18. The summed E-state index contributed by atoms with van der Waals surface area (Å²) in [5, 5.41) is 11.8. The molecule has 0 saturated carbocycles. The lowest BCUT2D eigenvalue weighted by Gasteiger charge is -2.44. The fraction of sp³-hybridized carbons (Fsp3) is 0.381. The molecule has 1 fully saturated rings. The SMILES string of the molecule is CC1(C)/C=C\N2C(=O)C3=CCCN3C(=O)[C@@H]2C[C@]2(O)C1=Nc1ccccc12. The quantitative estimate of drug-likeness (QED) is 0.768. The number of rotatable bonds is 0. The van der Waals surface area contributed by atoms with Crippen LogP contribution in [-0.2, 0) is 15.2 Å². The lowest BCUT2D eigenvalue weighted by Crippen LogP contribution is -2.59. The number of benzene rings is 1. The number of nitrogens with zero attached hydrogens (tertiary/aromatic N) is 3. The minimum atomic E-state index is -1.38. The maximum atomic E-state index is 13.2. The molecule has 0 bridgehead atoms. The first-order chi connectivity index (χ1) is 12.8. The molecule has 4 heterocycles. The van der Waals surface area contributed by atoms with E-state index < -0.39 is 17.1 Å². The van der Waals surface area contributed by atoms with Crippen LogP contribution >= 0.6 is 0 Å². The Morgan fingerprint density at radius 2 is 2.00 bits per heavy atom. The molecule has 0 spiro atoms. The maximum Gasteiger partial charge on any atom is 0.274 e. The first-order valence-electron chi connectivity index (χ1n) is 9.28. The van der Waals surface area contributed by atoms with Gasteiger partial charge in [0, 0.05) is 30.1 Å². The molecule has 4 aliphatic rings. The van der Waals surface area contributed by atoms with Crippen molar-refractivity contribution in [2.24, 2.45) is 10.4 Å². The fourth-order valence-corrected chi connectivity index (χ4v) is 4.69. The van der Waals surface area contributed by atoms with E-state index in [-0.39, 0.29) is 18.2 Å². The molecule has 6 nitrogen and oxygen atoms in total. The Morgan fingerprint density at radius 3 is 2.81 bits per heavy atom. The van der Waals surface area contributed by atoms with Gasteiger partial charge in [-0.25, -0.2) is 0 Å². The van der Waals surface area contributed by atoms with Crippen molar-refractivity contribution in [1.82, 2.24) is 9.80 Å². The molecule has 6 heteroatoms. The predicted octanol–water partition coefficient (Wildman–Crippen LogP) is 2.23. The number of fused-ring (bicyclic) bond motifs is 5. The molecular weight excluding hydrogens is 342 g/mol. The van der Waals surface area contributed by atoms with Gasteiger partial charge in [0.2, 0.25) is 5.91 Å². The highest BCUT2D eigenvalue weighted by molar-refractivity contribution is 6.08. The number of hydrogen-bond acceptors (Lipinski definition) is 4. The van der Waals surface area contributed by atoms with Crippen LogP contribution in [0.15, 0.2) is 53.3 Å². The Hall–Kier alpha value is -2.73. The van der Waals surface area contributed by atoms with Crippen molar-refractivity contribution < 1.29 is 14.7 Å². The van der Waals surface area contributed by atoms with E-state index in [0.717, 1.165) is 5.69 Å². The van der Waals surface area contributed by atoms with Crippen LogP contribution in [0, 0.1) is 5.41 Å². The molecule has 1 saturated heterocycles. The van der Waals surface area contributed by atoms with Gasteiger partial charge in [0.15, 0.2) is 0 Å². The summed E-state index contributed by atoms with van der Waals surface area (Å²) < 4.78 is 0. The van der Waals surface area contributed by atoms with E-state index in [1.54, 1.807) is 11.1 Å². The largest absolute Gasteiger partial charge is 0.379 e. The third-order valence-electron chi connectivity index (χ3n) is 6.05. The van der Waals surface area contributed by atoms with Crippen LogP contribution in [-0.4, -0.2) is 45.0 Å². The summed E-state index contributed by atoms with van der Waals surface area (Å²) in [5.41, 5.74) is 0.545. The van der Waals surface area contributed by atoms with E-state index in [1.165, 1.54) is 4.90 Å². The lowest BCUT2D eigenvalue weighted by molar-refractivity contribution is -0.149. The van der Waals surface area contributed by atoms with Crippen LogP contribution in [0.4, 0.5) is 5.69 Å². The zero-order valence-corrected chi connectivity index (χ0v) is 15.3. The monoisotopic (exact) mass is 363 g/mol. The van der Waals surface area contributed by atoms with Gasteiger partial charge in [0.05, 0.1) is 11.4 Å². The Morgan fingerprint density at radius 1 is 1.22 bits per heavy atom. The van der Waals surface area contributed by atoms with Crippen molar-refractivity contribution >= 4 is 23.2 Å². The van der Waals surface area contributed by atoms with E-state index in [2.05, 4.69) is 0 Å². The lowest BCUT2D eigenvalue weighted by atomic mass is 9.72. The highest BCUT2D eigenvalue weighted by atomic mass is 16.3. The van der Waals surface area contributed by atoms with Crippen LogP contribution in [0.3, 0.4) is 0 Å². The molecule has 5 rings (SSSR count). The smallest absolute Gasteiger partial charge is 0.274 e. The zero-order chi connectivity index (χ0) is 19.0. The van der Waals surface area contributed by atoms with Gasteiger partial charge >= 0.3 is 0 Å². The van der Waals surface area contributed by atoms with Gasteiger partial charge in [0.25, 0.3) is 5.91 Å². The van der Waals surface area contributed by atoms with Gasteiger partial charge in [-0.3, -0.25) is 14.6 Å². The van der Waals surface area contributed by atoms with Gasteiger partial charge in [0.1, 0.15) is 17.3 Å². The van der Waals surface area contributed by atoms with E-state index in [1.807, 2.05) is 50.3 Å². The molecular formula is C21H21N3O3. The third-order valence-corrected chi connectivity index (χ3v) is 6.05. The summed E-state index contributed by atoms with van der Waals surface area (Å²) in [6.45, 7) is 4.46.